The van der Waals surface area contributed by atoms with Gasteiger partial charge in [0.05, 0.1) is 0 Å². The molecule has 5 nitrogen and oxygen atoms in total. The molecule has 4 atom stereocenters. The first-order chi connectivity index (χ1) is 21.2. The molecule has 4 fully saturated rings. The van der Waals surface area contributed by atoms with Crippen molar-refractivity contribution in [2.24, 2.45) is 11.8 Å². The van der Waals surface area contributed by atoms with Crippen LogP contribution in [0.5, 0.6) is 5.75 Å². The molecule has 0 aliphatic carbocycles. The fourth-order valence-corrected chi connectivity index (χ4v) is 8.65. The number of aromatic nitrogens is 1. The van der Waals surface area contributed by atoms with Gasteiger partial charge in [-0.3, -0.25) is 9.69 Å². The number of piperidine rings is 4. The van der Waals surface area contributed by atoms with Gasteiger partial charge in [0.25, 0.3) is 0 Å². The first-order valence-corrected chi connectivity index (χ1v) is 16.3. The van der Waals surface area contributed by atoms with Crippen molar-refractivity contribution < 1.29 is 9.53 Å². The highest BCUT2D eigenvalue weighted by Crippen LogP contribution is 2.45. The Balaban J connectivity index is 0.985. The Bertz CT molecular complexity index is 1640. The van der Waals surface area contributed by atoms with Crippen molar-refractivity contribution in [3.05, 3.63) is 107 Å². The molecular formula is C38H41N3O2. The summed E-state index contributed by atoms with van der Waals surface area (Å²) in [6.45, 7) is 4.85. The van der Waals surface area contributed by atoms with Gasteiger partial charge in [0.2, 0.25) is 5.91 Å². The van der Waals surface area contributed by atoms with Gasteiger partial charge in [-0.25, -0.2) is 0 Å². The van der Waals surface area contributed by atoms with E-state index in [0.29, 0.717) is 36.4 Å². The Kier molecular flexibility index (Phi) is 7.07. The molecule has 0 N–H and O–H groups in total. The van der Waals surface area contributed by atoms with Gasteiger partial charge in [-0.05, 0) is 110 Å². The minimum absolute atomic E-state index is 0.295. The van der Waals surface area contributed by atoms with Gasteiger partial charge in [0.15, 0.2) is 0 Å². The van der Waals surface area contributed by atoms with Crippen molar-refractivity contribution in [3.8, 4) is 5.75 Å². The maximum atomic E-state index is 14.0. The predicted molar refractivity (Wildman–Crippen MR) is 172 cm³/mol. The van der Waals surface area contributed by atoms with Crippen LogP contribution in [-0.4, -0.2) is 52.0 Å². The maximum Gasteiger partial charge on any atom is 0.250 e. The van der Waals surface area contributed by atoms with Crippen molar-refractivity contribution in [1.29, 1.82) is 0 Å². The van der Waals surface area contributed by atoms with Gasteiger partial charge >= 0.3 is 0 Å². The highest BCUT2D eigenvalue weighted by Gasteiger charge is 2.51. The van der Waals surface area contributed by atoms with Gasteiger partial charge in [-0.2, -0.15) is 0 Å². The van der Waals surface area contributed by atoms with Gasteiger partial charge in [-0.1, -0.05) is 54.6 Å². The molecule has 8 rings (SSSR count). The van der Waals surface area contributed by atoms with Crippen LogP contribution in [0.3, 0.4) is 0 Å². The van der Waals surface area contributed by atoms with Crippen LogP contribution in [-0.2, 0) is 17.9 Å². The minimum atomic E-state index is 0.295. The third-order valence-electron chi connectivity index (χ3n) is 10.6. The molecule has 5 heteroatoms. The third-order valence-corrected chi connectivity index (χ3v) is 10.6. The molecular weight excluding hydrogens is 530 g/mol. The largest absolute Gasteiger partial charge is 0.489 e. The lowest BCUT2D eigenvalue weighted by atomic mass is 9.67. The molecule has 1 aromatic heterocycles. The second kappa shape index (κ2) is 11.3. The molecule has 0 unspecified atom stereocenters. The number of hydrogen-bond donors (Lipinski definition) is 0. The van der Waals surface area contributed by atoms with Crippen LogP contribution in [0, 0.1) is 11.8 Å². The lowest BCUT2D eigenvalue weighted by Gasteiger charge is -2.58. The zero-order valence-electron chi connectivity index (χ0n) is 24.9. The summed E-state index contributed by atoms with van der Waals surface area (Å²) in [6, 6.07) is 28.5. The van der Waals surface area contributed by atoms with E-state index in [1.807, 2.05) is 18.2 Å². The SMILES string of the molecule is O=C1/C(=C/c2cccc3c2ccn3Cc2ccc(OCc3ccccc3)cc2)CC[C@@H]2[C@H]3CCCN4CCC[C@H](CN12)[C@@H]34. The molecule has 43 heavy (non-hydrogen) atoms. The van der Waals surface area contributed by atoms with E-state index in [1.165, 1.54) is 60.8 Å². The summed E-state index contributed by atoms with van der Waals surface area (Å²) in [5.74, 6) is 2.50. The van der Waals surface area contributed by atoms with E-state index < -0.39 is 0 Å². The Morgan fingerprint density at radius 2 is 1.67 bits per heavy atom. The standard InChI is InChI=1S/C38H41N3O2/c42-38-30(15-18-36-34-11-6-21-39-20-5-10-31(37(34)39)25-41(36)38)23-29-9-4-12-35-33(29)19-22-40(35)24-27-13-16-32(17-14-27)43-26-28-7-2-1-3-8-28/h1-4,7-9,12-14,16-17,19,22-23,31,34,36-37H,5-6,10-11,15,18,20-21,24-26H2/b30-23+/t31-,34-,36-,37+/m1/s1. The van der Waals surface area contributed by atoms with Crippen LogP contribution in [0.2, 0.25) is 0 Å². The number of amides is 1. The van der Waals surface area contributed by atoms with Crippen LogP contribution in [0.4, 0.5) is 0 Å². The average molecular weight is 572 g/mol. The molecule has 4 aliphatic heterocycles. The second-order valence-corrected chi connectivity index (χ2v) is 13.1. The van der Waals surface area contributed by atoms with Crippen LogP contribution >= 0.6 is 0 Å². The molecule has 4 saturated heterocycles. The molecule has 0 saturated carbocycles. The molecule has 0 spiro atoms. The van der Waals surface area contributed by atoms with Gasteiger partial charge < -0.3 is 14.2 Å². The first-order valence-electron chi connectivity index (χ1n) is 16.3. The number of carbonyl (C=O) groups is 1. The average Bonchev–Trinajstić information content (AvgIpc) is 3.46. The highest BCUT2D eigenvalue weighted by molar-refractivity contribution is 6.01. The van der Waals surface area contributed by atoms with Crippen molar-refractivity contribution in [2.45, 2.75) is 63.8 Å². The second-order valence-electron chi connectivity index (χ2n) is 13.1. The number of benzene rings is 3. The van der Waals surface area contributed by atoms with Crippen molar-refractivity contribution in [2.75, 3.05) is 19.6 Å². The van der Waals surface area contributed by atoms with E-state index in [2.05, 4.69) is 87.3 Å². The number of ether oxygens (including phenoxy) is 1. The smallest absolute Gasteiger partial charge is 0.250 e. The van der Waals surface area contributed by atoms with Gasteiger partial charge in [0, 0.05) is 47.8 Å². The molecule has 3 aromatic carbocycles. The molecule has 1 amide bonds. The van der Waals surface area contributed by atoms with E-state index in [9.17, 15) is 4.79 Å². The van der Waals surface area contributed by atoms with E-state index in [-0.39, 0.29) is 0 Å². The molecule has 4 aliphatic rings. The van der Waals surface area contributed by atoms with Crippen LogP contribution in [0.1, 0.15) is 55.2 Å². The zero-order chi connectivity index (χ0) is 28.8. The molecule has 5 heterocycles. The molecule has 4 aromatic rings. The Hall–Kier alpha value is -3.83. The lowest BCUT2D eigenvalue weighted by Crippen LogP contribution is -2.66. The molecule has 220 valence electrons. The highest BCUT2D eigenvalue weighted by atomic mass is 16.5. The Morgan fingerprint density at radius 1 is 0.837 bits per heavy atom. The fourth-order valence-electron chi connectivity index (χ4n) is 8.65. The van der Waals surface area contributed by atoms with Crippen molar-refractivity contribution in [3.63, 3.8) is 0 Å². The summed E-state index contributed by atoms with van der Waals surface area (Å²) < 4.78 is 8.29. The monoisotopic (exact) mass is 571 g/mol. The number of fused-ring (bicyclic) bond motifs is 3. The number of hydrogen-bond acceptors (Lipinski definition) is 3. The van der Waals surface area contributed by atoms with E-state index in [0.717, 1.165) is 42.8 Å². The van der Waals surface area contributed by atoms with Crippen LogP contribution in [0.25, 0.3) is 17.0 Å². The van der Waals surface area contributed by atoms with Gasteiger partial charge in [0.1, 0.15) is 12.4 Å². The summed E-state index contributed by atoms with van der Waals surface area (Å²) in [6.07, 6.45) is 11.5. The maximum absolute atomic E-state index is 14.0. The molecule has 0 bridgehead atoms. The van der Waals surface area contributed by atoms with E-state index in [1.54, 1.807) is 0 Å². The van der Waals surface area contributed by atoms with Crippen LogP contribution < -0.4 is 4.74 Å². The van der Waals surface area contributed by atoms with Crippen molar-refractivity contribution in [1.82, 2.24) is 14.4 Å². The Labute approximate surface area is 254 Å². The lowest BCUT2D eigenvalue weighted by molar-refractivity contribution is -0.145. The normalized spacial score (nSPS) is 26.4. The summed E-state index contributed by atoms with van der Waals surface area (Å²) in [4.78, 5) is 19.0. The number of carbonyl (C=O) groups excluding carboxylic acids is 1. The summed E-state index contributed by atoms with van der Waals surface area (Å²) >= 11 is 0. The van der Waals surface area contributed by atoms with E-state index >= 15 is 0 Å². The van der Waals surface area contributed by atoms with E-state index in [4.69, 9.17) is 4.74 Å². The topological polar surface area (TPSA) is 37.7 Å². The predicted octanol–water partition coefficient (Wildman–Crippen LogP) is 7.15. The first kappa shape index (κ1) is 26.8. The summed E-state index contributed by atoms with van der Waals surface area (Å²) in [7, 11) is 0. The zero-order valence-corrected chi connectivity index (χ0v) is 24.9. The summed E-state index contributed by atoms with van der Waals surface area (Å²) in [5, 5.41) is 1.21. The van der Waals surface area contributed by atoms with Crippen LogP contribution in [0.15, 0.2) is 90.6 Å². The fraction of sp³-hybridized carbons (Fsp3) is 0.395. The number of nitrogens with zero attached hydrogens (tertiary/aromatic N) is 3. The Morgan fingerprint density at radius 3 is 2.53 bits per heavy atom. The molecule has 0 radical (unpaired) electrons. The van der Waals surface area contributed by atoms with Crippen molar-refractivity contribution >= 4 is 22.9 Å². The quantitative estimate of drug-likeness (QED) is 0.231. The third kappa shape index (κ3) is 5.08. The minimum Gasteiger partial charge on any atom is -0.489 e. The number of rotatable bonds is 6. The van der Waals surface area contributed by atoms with Gasteiger partial charge in [-0.15, -0.1) is 0 Å². The summed E-state index contributed by atoms with van der Waals surface area (Å²) in [5.41, 5.74) is 5.74.